The fourth-order valence-corrected chi connectivity index (χ4v) is 1.75. The minimum Gasteiger partial charge on any atom is -0.478 e. The molecule has 3 nitrogen and oxygen atoms in total. The summed E-state index contributed by atoms with van der Waals surface area (Å²) in [5, 5.41) is 11.2. The topological polar surface area (TPSA) is 45.0 Å². The van der Waals surface area contributed by atoms with Gasteiger partial charge in [-0.2, -0.15) is 5.26 Å². The molecule has 0 saturated carbocycles. The second kappa shape index (κ2) is 6.66. The molecule has 108 valence electrons. The molecule has 0 heterocycles. The number of anilines is 1. The number of hydrogen-bond acceptors (Lipinski definition) is 3. The maximum Gasteiger partial charge on any atom is 0.196 e. The van der Waals surface area contributed by atoms with E-state index in [0.717, 1.165) is 12.1 Å². The number of hydrogen-bond donors (Lipinski definition) is 1. The first-order valence-electron chi connectivity index (χ1n) is 6.08. The molecule has 0 amide bonds. The lowest BCUT2D eigenvalue weighted by molar-refractivity contribution is 0.364. The Bertz CT molecular complexity index is 683. The van der Waals surface area contributed by atoms with Crippen molar-refractivity contribution in [2.75, 3.05) is 11.9 Å². The van der Waals surface area contributed by atoms with E-state index in [1.807, 2.05) is 6.07 Å². The molecule has 1 N–H and O–H groups in total. The molecular weight excluding hydrogens is 281 g/mol. The molecule has 0 unspecified atom stereocenters. The largest absolute Gasteiger partial charge is 0.478 e. The van der Waals surface area contributed by atoms with E-state index in [0.29, 0.717) is 11.3 Å². The van der Waals surface area contributed by atoms with Crippen LogP contribution in [0.25, 0.3) is 0 Å². The highest BCUT2D eigenvalue weighted by atomic mass is 19.2. The van der Waals surface area contributed by atoms with Crippen molar-refractivity contribution in [2.45, 2.75) is 6.54 Å². The Kier molecular flexibility index (Phi) is 4.67. The molecule has 2 aromatic rings. The van der Waals surface area contributed by atoms with Gasteiger partial charge in [0, 0.05) is 12.1 Å². The van der Waals surface area contributed by atoms with Gasteiger partial charge in [0.15, 0.2) is 24.1 Å². The molecule has 2 rings (SSSR count). The lowest BCUT2D eigenvalue weighted by Gasteiger charge is -2.12. The summed E-state index contributed by atoms with van der Waals surface area (Å²) in [5.41, 5.74) is 0.515. The summed E-state index contributed by atoms with van der Waals surface area (Å²) in [6.07, 6.45) is 0. The van der Waals surface area contributed by atoms with Crippen LogP contribution in [0.15, 0.2) is 36.4 Å². The van der Waals surface area contributed by atoms with Gasteiger partial charge in [0.25, 0.3) is 0 Å². The van der Waals surface area contributed by atoms with Crippen LogP contribution in [0.2, 0.25) is 0 Å². The number of nitrogens with one attached hydrogen (secondary N) is 1. The number of rotatable bonds is 5. The lowest BCUT2D eigenvalue weighted by Crippen LogP contribution is -2.06. The summed E-state index contributed by atoms with van der Waals surface area (Å²) in [7, 11) is 0. The van der Waals surface area contributed by atoms with Gasteiger partial charge in [-0.05, 0) is 18.2 Å². The van der Waals surface area contributed by atoms with Crippen molar-refractivity contribution in [1.82, 2.24) is 0 Å². The van der Waals surface area contributed by atoms with Gasteiger partial charge < -0.3 is 10.1 Å². The fraction of sp³-hybridized carbons (Fsp3) is 0.133. The highest BCUT2D eigenvalue weighted by Gasteiger charge is 2.13. The zero-order valence-electron chi connectivity index (χ0n) is 10.9. The highest BCUT2D eigenvalue weighted by molar-refractivity contribution is 5.47. The van der Waals surface area contributed by atoms with Gasteiger partial charge in [0.1, 0.15) is 11.8 Å². The van der Waals surface area contributed by atoms with Crippen molar-refractivity contribution in [1.29, 1.82) is 5.26 Å². The Labute approximate surface area is 119 Å². The van der Waals surface area contributed by atoms with Crippen LogP contribution < -0.4 is 10.1 Å². The zero-order chi connectivity index (χ0) is 15.2. The van der Waals surface area contributed by atoms with Crippen molar-refractivity contribution in [3.05, 3.63) is 59.4 Å². The maximum absolute atomic E-state index is 13.5. The number of nitriles is 1. The predicted molar refractivity (Wildman–Crippen MR) is 71.2 cm³/mol. The average Bonchev–Trinajstić information content (AvgIpc) is 2.51. The van der Waals surface area contributed by atoms with E-state index in [2.05, 4.69) is 5.32 Å². The Balaban J connectivity index is 2.14. The second-order valence-corrected chi connectivity index (χ2v) is 4.13. The predicted octanol–water partition coefficient (Wildman–Crippen LogP) is 3.62. The van der Waals surface area contributed by atoms with Gasteiger partial charge in [-0.25, -0.2) is 13.2 Å². The van der Waals surface area contributed by atoms with Crippen LogP contribution in [0, 0.1) is 28.8 Å². The Morgan fingerprint density at radius 2 is 1.81 bits per heavy atom. The number of ether oxygens (including phenoxy) is 1. The van der Waals surface area contributed by atoms with Crippen LogP contribution in [-0.4, -0.2) is 6.61 Å². The van der Waals surface area contributed by atoms with E-state index in [1.54, 1.807) is 24.3 Å². The molecule has 0 aliphatic rings. The van der Waals surface area contributed by atoms with Crippen molar-refractivity contribution in [3.63, 3.8) is 0 Å². The van der Waals surface area contributed by atoms with E-state index >= 15 is 0 Å². The van der Waals surface area contributed by atoms with Crippen LogP contribution >= 0.6 is 0 Å². The molecule has 0 aromatic heterocycles. The summed E-state index contributed by atoms with van der Waals surface area (Å²) >= 11 is 0. The SMILES string of the molecule is N#CCOc1ccccc1CNc1ccc(F)c(F)c1F. The van der Waals surface area contributed by atoms with E-state index in [1.165, 1.54) is 0 Å². The van der Waals surface area contributed by atoms with Crippen molar-refractivity contribution < 1.29 is 17.9 Å². The molecule has 0 saturated heterocycles. The van der Waals surface area contributed by atoms with Crippen LogP contribution in [0.4, 0.5) is 18.9 Å². The van der Waals surface area contributed by atoms with Gasteiger partial charge >= 0.3 is 0 Å². The minimum absolute atomic E-state index is 0.115. The van der Waals surface area contributed by atoms with Gasteiger partial charge in [0.2, 0.25) is 0 Å². The third-order valence-electron chi connectivity index (χ3n) is 2.77. The molecule has 0 spiro atoms. The molecule has 6 heteroatoms. The summed E-state index contributed by atoms with van der Waals surface area (Å²) in [6, 6.07) is 10.7. The van der Waals surface area contributed by atoms with Crippen molar-refractivity contribution in [2.24, 2.45) is 0 Å². The van der Waals surface area contributed by atoms with E-state index in [-0.39, 0.29) is 18.8 Å². The Morgan fingerprint density at radius 1 is 1.05 bits per heavy atom. The zero-order valence-corrected chi connectivity index (χ0v) is 10.9. The normalized spacial score (nSPS) is 10.0. The Hall–Kier alpha value is -2.68. The number of halogens is 3. The van der Waals surface area contributed by atoms with Gasteiger partial charge in [-0.15, -0.1) is 0 Å². The monoisotopic (exact) mass is 292 g/mol. The first kappa shape index (κ1) is 14.7. The molecule has 2 aromatic carbocycles. The molecule has 21 heavy (non-hydrogen) atoms. The van der Waals surface area contributed by atoms with Crippen molar-refractivity contribution in [3.8, 4) is 11.8 Å². The summed E-state index contributed by atoms with van der Waals surface area (Å²) in [6.45, 7) is 0.0279. The molecule has 0 aliphatic carbocycles. The first-order chi connectivity index (χ1) is 10.1. The average molecular weight is 292 g/mol. The number of nitrogens with zero attached hydrogens (tertiary/aromatic N) is 1. The summed E-state index contributed by atoms with van der Waals surface area (Å²) < 4.78 is 44.7. The third-order valence-corrected chi connectivity index (χ3v) is 2.77. The first-order valence-corrected chi connectivity index (χ1v) is 6.08. The van der Waals surface area contributed by atoms with Gasteiger partial charge in [-0.3, -0.25) is 0 Å². The van der Waals surface area contributed by atoms with Gasteiger partial charge in [0.05, 0.1) is 5.69 Å². The molecule has 0 bridgehead atoms. The maximum atomic E-state index is 13.5. The van der Waals surface area contributed by atoms with Crippen molar-refractivity contribution >= 4 is 5.69 Å². The highest BCUT2D eigenvalue weighted by Crippen LogP contribution is 2.23. The third kappa shape index (κ3) is 3.45. The molecule has 0 aliphatic heterocycles. The van der Waals surface area contributed by atoms with E-state index in [9.17, 15) is 13.2 Å². The quantitative estimate of drug-likeness (QED) is 0.856. The van der Waals surface area contributed by atoms with Crippen LogP contribution in [0.1, 0.15) is 5.56 Å². The van der Waals surface area contributed by atoms with Crippen LogP contribution in [0.5, 0.6) is 5.75 Å². The molecular formula is C15H11F3N2O. The van der Waals surface area contributed by atoms with Gasteiger partial charge in [-0.1, -0.05) is 18.2 Å². The number of benzene rings is 2. The molecule has 0 fully saturated rings. The summed E-state index contributed by atoms with van der Waals surface area (Å²) in [4.78, 5) is 0. The van der Waals surface area contributed by atoms with Crippen LogP contribution in [-0.2, 0) is 6.54 Å². The summed E-state index contributed by atoms with van der Waals surface area (Å²) in [5.74, 6) is -3.57. The van der Waals surface area contributed by atoms with Crippen LogP contribution in [0.3, 0.4) is 0 Å². The smallest absolute Gasteiger partial charge is 0.196 e. The standard InChI is InChI=1S/C15H11F3N2O/c16-11-5-6-12(15(18)14(11)17)20-9-10-3-1-2-4-13(10)21-8-7-19/h1-6,20H,8-9H2. The Morgan fingerprint density at radius 3 is 2.57 bits per heavy atom. The molecule has 0 radical (unpaired) electrons. The van der Waals surface area contributed by atoms with E-state index < -0.39 is 17.5 Å². The second-order valence-electron chi connectivity index (χ2n) is 4.13. The number of para-hydroxylation sites is 1. The molecule has 0 atom stereocenters. The van der Waals surface area contributed by atoms with E-state index in [4.69, 9.17) is 10.00 Å². The lowest BCUT2D eigenvalue weighted by atomic mass is 10.2. The minimum atomic E-state index is -1.52. The fourth-order valence-electron chi connectivity index (χ4n) is 1.75.